The van der Waals surface area contributed by atoms with Gasteiger partial charge in [-0.05, 0) is 96.3 Å². The maximum Gasteiger partial charge on any atom is 0.306 e. The molecule has 0 aromatic heterocycles. The normalized spacial score (nSPS) is 12.7. The summed E-state index contributed by atoms with van der Waals surface area (Å²) in [4.78, 5) is 38.5. The second-order valence-electron chi connectivity index (χ2n) is 23.4. The Morgan fingerprint density at radius 3 is 0.744 bits per heavy atom. The first-order valence-corrected chi connectivity index (χ1v) is 35.2. The minimum absolute atomic E-state index is 0.0835. The molecule has 0 rings (SSSR count). The first-order chi connectivity index (χ1) is 40.5. The van der Waals surface area contributed by atoms with Crippen molar-refractivity contribution in [2.24, 2.45) is 0 Å². The molecule has 0 bridgehead atoms. The van der Waals surface area contributed by atoms with Crippen molar-refractivity contribution in [1.29, 1.82) is 0 Å². The van der Waals surface area contributed by atoms with Gasteiger partial charge < -0.3 is 14.2 Å². The SMILES string of the molecule is CC/C=C\C/C=C\C/C=C\C/C=C\CCCCCCCCCCCCCCC(=O)OCC(COC(=O)CCCCCC/C=C\C/C=C\C/C=C\C/C=C\CC)OC(=O)CCCCCCCCCCCCCCCCCCCCCCCC. The molecule has 0 aromatic carbocycles. The fraction of sp³-hybridized carbons (Fsp3) is 0.750. The number of carbonyl (C=O) groups excluding carboxylic acids is 3. The third kappa shape index (κ3) is 67.1. The molecule has 0 spiro atoms. The lowest BCUT2D eigenvalue weighted by molar-refractivity contribution is -0.167. The zero-order valence-electron chi connectivity index (χ0n) is 54.2. The van der Waals surface area contributed by atoms with Gasteiger partial charge in [0.05, 0.1) is 0 Å². The quantitative estimate of drug-likeness (QED) is 0.0261. The van der Waals surface area contributed by atoms with E-state index in [1.165, 1.54) is 186 Å². The van der Waals surface area contributed by atoms with E-state index in [1.807, 2.05) is 0 Å². The molecule has 6 heteroatoms. The molecular formula is C76H132O6. The van der Waals surface area contributed by atoms with E-state index >= 15 is 0 Å². The van der Waals surface area contributed by atoms with E-state index in [1.54, 1.807) is 0 Å². The number of hydrogen-bond donors (Lipinski definition) is 0. The van der Waals surface area contributed by atoms with Crippen molar-refractivity contribution in [3.8, 4) is 0 Å². The van der Waals surface area contributed by atoms with Gasteiger partial charge >= 0.3 is 17.9 Å². The van der Waals surface area contributed by atoms with Crippen LogP contribution in [-0.2, 0) is 28.6 Å². The molecule has 0 aliphatic rings. The highest BCUT2D eigenvalue weighted by Crippen LogP contribution is 2.18. The van der Waals surface area contributed by atoms with Gasteiger partial charge in [-0.2, -0.15) is 0 Å². The predicted octanol–water partition coefficient (Wildman–Crippen LogP) is 24.4. The van der Waals surface area contributed by atoms with Crippen molar-refractivity contribution in [2.75, 3.05) is 13.2 Å². The van der Waals surface area contributed by atoms with Crippen LogP contribution in [0.15, 0.2) is 97.2 Å². The van der Waals surface area contributed by atoms with Crippen LogP contribution in [0.1, 0.15) is 348 Å². The Hall–Kier alpha value is -3.67. The van der Waals surface area contributed by atoms with Gasteiger partial charge in [0.2, 0.25) is 0 Å². The number of allylic oxidation sites excluding steroid dienone is 16. The van der Waals surface area contributed by atoms with E-state index in [0.717, 1.165) is 122 Å². The summed E-state index contributed by atoms with van der Waals surface area (Å²) in [6.07, 6.45) is 94.3. The third-order valence-corrected chi connectivity index (χ3v) is 15.3. The Balaban J connectivity index is 4.35. The molecule has 0 amide bonds. The van der Waals surface area contributed by atoms with Gasteiger partial charge in [-0.3, -0.25) is 14.4 Å². The summed E-state index contributed by atoms with van der Waals surface area (Å²) in [7, 11) is 0. The largest absolute Gasteiger partial charge is 0.462 e. The van der Waals surface area contributed by atoms with Crippen molar-refractivity contribution >= 4 is 17.9 Å². The zero-order chi connectivity index (χ0) is 59.2. The Labute approximate surface area is 508 Å². The summed E-state index contributed by atoms with van der Waals surface area (Å²) >= 11 is 0. The number of hydrogen-bond acceptors (Lipinski definition) is 6. The van der Waals surface area contributed by atoms with E-state index < -0.39 is 6.10 Å². The van der Waals surface area contributed by atoms with E-state index in [9.17, 15) is 14.4 Å². The van der Waals surface area contributed by atoms with E-state index in [-0.39, 0.29) is 31.1 Å². The molecule has 0 N–H and O–H groups in total. The predicted molar refractivity (Wildman–Crippen MR) is 357 cm³/mol. The molecule has 472 valence electrons. The van der Waals surface area contributed by atoms with Crippen molar-refractivity contribution < 1.29 is 28.6 Å². The third-order valence-electron chi connectivity index (χ3n) is 15.3. The van der Waals surface area contributed by atoms with Crippen molar-refractivity contribution in [3.05, 3.63) is 97.2 Å². The summed E-state index contributed by atoms with van der Waals surface area (Å²) < 4.78 is 17.0. The molecule has 6 nitrogen and oxygen atoms in total. The van der Waals surface area contributed by atoms with Crippen LogP contribution >= 0.6 is 0 Å². The van der Waals surface area contributed by atoms with E-state index in [0.29, 0.717) is 19.3 Å². The molecule has 82 heavy (non-hydrogen) atoms. The fourth-order valence-electron chi connectivity index (χ4n) is 10.1. The molecule has 0 aliphatic carbocycles. The number of esters is 3. The van der Waals surface area contributed by atoms with Crippen LogP contribution < -0.4 is 0 Å². The minimum Gasteiger partial charge on any atom is -0.462 e. The van der Waals surface area contributed by atoms with Gasteiger partial charge in [0.25, 0.3) is 0 Å². The first-order valence-electron chi connectivity index (χ1n) is 35.2. The molecule has 0 heterocycles. The number of rotatable bonds is 64. The number of carbonyl (C=O) groups is 3. The van der Waals surface area contributed by atoms with E-state index in [4.69, 9.17) is 14.2 Å². The van der Waals surface area contributed by atoms with Gasteiger partial charge in [-0.1, -0.05) is 330 Å². The lowest BCUT2D eigenvalue weighted by atomic mass is 10.0. The van der Waals surface area contributed by atoms with Crippen LogP contribution in [0.2, 0.25) is 0 Å². The monoisotopic (exact) mass is 1140 g/mol. The Bertz CT molecular complexity index is 1590. The Morgan fingerprint density at radius 1 is 0.256 bits per heavy atom. The van der Waals surface area contributed by atoms with Crippen LogP contribution in [0.4, 0.5) is 0 Å². The summed E-state index contributed by atoms with van der Waals surface area (Å²) in [5.41, 5.74) is 0. The molecule has 0 saturated heterocycles. The molecule has 0 radical (unpaired) electrons. The topological polar surface area (TPSA) is 78.9 Å². The van der Waals surface area contributed by atoms with Crippen LogP contribution in [-0.4, -0.2) is 37.2 Å². The first kappa shape index (κ1) is 78.3. The van der Waals surface area contributed by atoms with Crippen molar-refractivity contribution in [2.45, 2.75) is 354 Å². The van der Waals surface area contributed by atoms with Crippen LogP contribution in [0.3, 0.4) is 0 Å². The van der Waals surface area contributed by atoms with Gasteiger partial charge in [-0.15, -0.1) is 0 Å². The van der Waals surface area contributed by atoms with Crippen LogP contribution in [0.5, 0.6) is 0 Å². The highest BCUT2D eigenvalue weighted by atomic mass is 16.6. The summed E-state index contributed by atoms with van der Waals surface area (Å²) in [5.74, 6) is -0.891. The molecule has 1 unspecified atom stereocenters. The average molecular weight is 1140 g/mol. The second-order valence-corrected chi connectivity index (χ2v) is 23.4. The van der Waals surface area contributed by atoms with Crippen molar-refractivity contribution in [3.63, 3.8) is 0 Å². The maximum absolute atomic E-state index is 13.0. The number of unbranched alkanes of at least 4 members (excludes halogenated alkanes) is 37. The standard InChI is InChI=1S/C76H132O6/c1-4-7-10-13-16-19-22-25-28-31-33-35-37-38-39-41-42-45-48-51-54-57-60-63-66-69-75(78)81-72-73(71-80-74(77)68-65-62-59-56-53-50-47-44-30-27-24-21-18-15-12-9-6-3)82-76(79)70-67-64-61-58-55-52-49-46-43-40-36-34-32-29-26-23-20-17-14-11-8-5-2/h7,9-10,12,16,18-19,21,25,27-28,30,33,35,47,50,73H,4-6,8,11,13-15,17,20,22-24,26,29,31-32,34,36-46,48-49,51-72H2,1-3H3/b10-7-,12-9-,19-16-,21-18-,28-25-,30-27-,35-33-,50-47-. The Kier molecular flexibility index (Phi) is 66.7. The van der Waals surface area contributed by atoms with E-state index in [2.05, 4.69) is 118 Å². The van der Waals surface area contributed by atoms with Gasteiger partial charge in [0, 0.05) is 19.3 Å². The lowest BCUT2D eigenvalue weighted by Crippen LogP contribution is -2.30. The lowest BCUT2D eigenvalue weighted by Gasteiger charge is -2.18. The van der Waals surface area contributed by atoms with Crippen LogP contribution in [0.25, 0.3) is 0 Å². The number of ether oxygens (including phenoxy) is 3. The molecule has 0 aromatic rings. The fourth-order valence-corrected chi connectivity index (χ4v) is 10.1. The zero-order valence-corrected chi connectivity index (χ0v) is 54.2. The molecule has 1 atom stereocenters. The molecule has 0 fully saturated rings. The highest BCUT2D eigenvalue weighted by Gasteiger charge is 2.19. The maximum atomic E-state index is 13.0. The van der Waals surface area contributed by atoms with Gasteiger partial charge in [0.1, 0.15) is 13.2 Å². The molecule has 0 saturated carbocycles. The average Bonchev–Trinajstić information content (AvgIpc) is 3.47. The van der Waals surface area contributed by atoms with Gasteiger partial charge in [-0.25, -0.2) is 0 Å². The Morgan fingerprint density at radius 2 is 0.476 bits per heavy atom. The molecular weight excluding hydrogens is 1010 g/mol. The second kappa shape index (κ2) is 69.8. The smallest absolute Gasteiger partial charge is 0.306 e. The van der Waals surface area contributed by atoms with Crippen LogP contribution in [0, 0.1) is 0 Å². The minimum atomic E-state index is -0.790. The van der Waals surface area contributed by atoms with Crippen molar-refractivity contribution in [1.82, 2.24) is 0 Å². The summed E-state index contributed by atoms with van der Waals surface area (Å²) in [6, 6.07) is 0. The van der Waals surface area contributed by atoms with Gasteiger partial charge in [0.15, 0.2) is 6.10 Å². The summed E-state index contributed by atoms with van der Waals surface area (Å²) in [5, 5.41) is 0. The summed E-state index contributed by atoms with van der Waals surface area (Å²) in [6.45, 7) is 6.45. The highest BCUT2D eigenvalue weighted by molar-refractivity contribution is 5.71. The molecule has 0 aliphatic heterocycles.